The van der Waals surface area contributed by atoms with Crippen LogP contribution in [0.5, 0.6) is 0 Å². The SMILES string of the molecule is CCCN(C(C)C)C(c1cccnc1)C(N)CC. The largest absolute Gasteiger partial charge is 0.326 e. The summed E-state index contributed by atoms with van der Waals surface area (Å²) in [4.78, 5) is 6.73. The Labute approximate surface area is 111 Å². The van der Waals surface area contributed by atoms with E-state index in [9.17, 15) is 0 Å². The molecule has 0 fully saturated rings. The molecule has 2 unspecified atom stereocenters. The van der Waals surface area contributed by atoms with Gasteiger partial charge in [0.25, 0.3) is 0 Å². The maximum Gasteiger partial charge on any atom is 0.0516 e. The topological polar surface area (TPSA) is 42.2 Å². The number of nitrogens with two attached hydrogens (primary N) is 1. The third-order valence-corrected chi connectivity index (χ3v) is 3.41. The van der Waals surface area contributed by atoms with Crippen LogP contribution in [0.25, 0.3) is 0 Å². The van der Waals surface area contributed by atoms with Crippen molar-refractivity contribution >= 4 is 0 Å². The Morgan fingerprint density at radius 1 is 1.33 bits per heavy atom. The lowest BCUT2D eigenvalue weighted by molar-refractivity contribution is 0.130. The normalized spacial score (nSPS) is 15.1. The Morgan fingerprint density at radius 2 is 2.06 bits per heavy atom. The number of hydrogen-bond acceptors (Lipinski definition) is 3. The fraction of sp³-hybridized carbons (Fsp3) is 0.667. The maximum absolute atomic E-state index is 6.35. The average Bonchev–Trinajstić information content (AvgIpc) is 2.39. The molecule has 3 nitrogen and oxygen atoms in total. The Balaban J connectivity index is 3.03. The van der Waals surface area contributed by atoms with Gasteiger partial charge in [-0.05, 0) is 44.9 Å². The zero-order chi connectivity index (χ0) is 13.5. The van der Waals surface area contributed by atoms with E-state index in [-0.39, 0.29) is 12.1 Å². The number of aromatic nitrogens is 1. The Bertz CT molecular complexity index is 324. The smallest absolute Gasteiger partial charge is 0.0516 e. The first-order chi connectivity index (χ1) is 8.61. The van der Waals surface area contributed by atoms with E-state index in [1.807, 2.05) is 18.5 Å². The van der Waals surface area contributed by atoms with Crippen LogP contribution in [0.15, 0.2) is 24.5 Å². The molecule has 3 heteroatoms. The molecular weight excluding hydrogens is 222 g/mol. The van der Waals surface area contributed by atoms with E-state index in [2.05, 4.69) is 43.6 Å². The molecule has 0 saturated heterocycles. The minimum Gasteiger partial charge on any atom is -0.326 e. The number of hydrogen-bond donors (Lipinski definition) is 1. The molecule has 0 amide bonds. The van der Waals surface area contributed by atoms with Crippen molar-refractivity contribution in [2.24, 2.45) is 5.73 Å². The van der Waals surface area contributed by atoms with Crippen LogP contribution in [0.3, 0.4) is 0 Å². The van der Waals surface area contributed by atoms with Gasteiger partial charge in [-0.2, -0.15) is 0 Å². The van der Waals surface area contributed by atoms with Crippen molar-refractivity contribution < 1.29 is 0 Å². The molecule has 0 aliphatic carbocycles. The van der Waals surface area contributed by atoms with Crippen molar-refractivity contribution in [1.82, 2.24) is 9.88 Å². The van der Waals surface area contributed by atoms with Crippen molar-refractivity contribution in [2.45, 2.75) is 58.7 Å². The Morgan fingerprint density at radius 3 is 2.50 bits per heavy atom. The first kappa shape index (κ1) is 15.1. The highest BCUT2D eigenvalue weighted by Gasteiger charge is 2.27. The predicted octanol–water partition coefficient (Wildman–Crippen LogP) is 2.98. The van der Waals surface area contributed by atoms with Crippen LogP contribution in [0.2, 0.25) is 0 Å². The van der Waals surface area contributed by atoms with Crippen molar-refractivity contribution in [3.8, 4) is 0 Å². The van der Waals surface area contributed by atoms with Gasteiger partial charge in [-0.25, -0.2) is 0 Å². The van der Waals surface area contributed by atoms with E-state index in [1.165, 1.54) is 5.56 Å². The molecule has 0 spiro atoms. The van der Waals surface area contributed by atoms with Crippen LogP contribution >= 0.6 is 0 Å². The minimum absolute atomic E-state index is 0.156. The van der Waals surface area contributed by atoms with Gasteiger partial charge in [0.15, 0.2) is 0 Å². The van der Waals surface area contributed by atoms with E-state index in [1.54, 1.807) is 0 Å². The molecular formula is C15H27N3. The molecule has 1 heterocycles. The monoisotopic (exact) mass is 249 g/mol. The van der Waals surface area contributed by atoms with Gasteiger partial charge in [-0.1, -0.05) is 19.9 Å². The molecule has 2 atom stereocenters. The summed E-state index contributed by atoms with van der Waals surface area (Å²) in [5, 5.41) is 0. The average molecular weight is 249 g/mol. The van der Waals surface area contributed by atoms with Gasteiger partial charge < -0.3 is 5.73 Å². The molecule has 0 aromatic carbocycles. The Kier molecular flexibility index (Phi) is 6.30. The van der Waals surface area contributed by atoms with Gasteiger partial charge in [0.2, 0.25) is 0 Å². The van der Waals surface area contributed by atoms with E-state index in [0.29, 0.717) is 6.04 Å². The summed E-state index contributed by atoms with van der Waals surface area (Å²) in [6.07, 6.45) is 5.89. The molecule has 0 bridgehead atoms. The standard InChI is InChI=1S/C15H27N3/c1-5-10-18(12(3)4)15(14(16)6-2)13-8-7-9-17-11-13/h7-9,11-12,14-15H,5-6,10,16H2,1-4H3. The van der Waals surface area contributed by atoms with Crippen molar-refractivity contribution in [3.05, 3.63) is 30.1 Å². The Hall–Kier alpha value is -0.930. The molecule has 0 saturated carbocycles. The molecule has 1 aromatic rings. The lowest BCUT2D eigenvalue weighted by Crippen LogP contribution is -2.44. The van der Waals surface area contributed by atoms with Crippen LogP contribution in [0.1, 0.15) is 52.1 Å². The lowest BCUT2D eigenvalue weighted by Gasteiger charge is -2.38. The summed E-state index contributed by atoms with van der Waals surface area (Å²) in [6.45, 7) is 9.92. The highest BCUT2D eigenvalue weighted by atomic mass is 15.2. The second-order valence-electron chi connectivity index (χ2n) is 5.13. The van der Waals surface area contributed by atoms with Crippen LogP contribution in [-0.4, -0.2) is 28.5 Å². The van der Waals surface area contributed by atoms with Gasteiger partial charge in [0, 0.05) is 24.5 Å². The summed E-state index contributed by atoms with van der Waals surface area (Å²) in [7, 11) is 0. The molecule has 0 aliphatic rings. The zero-order valence-electron chi connectivity index (χ0n) is 12.1. The highest BCUT2D eigenvalue weighted by Crippen LogP contribution is 2.26. The highest BCUT2D eigenvalue weighted by molar-refractivity contribution is 5.16. The van der Waals surface area contributed by atoms with Gasteiger partial charge in [-0.3, -0.25) is 9.88 Å². The maximum atomic E-state index is 6.35. The number of rotatable bonds is 7. The molecule has 0 aliphatic heterocycles. The van der Waals surface area contributed by atoms with E-state index >= 15 is 0 Å². The van der Waals surface area contributed by atoms with Crippen LogP contribution < -0.4 is 5.73 Å². The van der Waals surface area contributed by atoms with E-state index in [4.69, 9.17) is 5.73 Å². The third-order valence-electron chi connectivity index (χ3n) is 3.41. The number of nitrogens with zero attached hydrogens (tertiary/aromatic N) is 2. The quantitative estimate of drug-likeness (QED) is 0.808. The van der Waals surface area contributed by atoms with Gasteiger partial charge in [0.05, 0.1) is 6.04 Å². The predicted molar refractivity (Wildman–Crippen MR) is 77.4 cm³/mol. The molecule has 102 valence electrons. The van der Waals surface area contributed by atoms with Crippen LogP contribution in [0.4, 0.5) is 0 Å². The van der Waals surface area contributed by atoms with Crippen LogP contribution in [0, 0.1) is 0 Å². The summed E-state index contributed by atoms with van der Waals surface area (Å²) in [5.41, 5.74) is 7.58. The van der Waals surface area contributed by atoms with Gasteiger partial charge in [0.1, 0.15) is 0 Å². The first-order valence-corrected chi connectivity index (χ1v) is 7.03. The second kappa shape index (κ2) is 7.49. The van der Waals surface area contributed by atoms with Crippen molar-refractivity contribution in [3.63, 3.8) is 0 Å². The first-order valence-electron chi connectivity index (χ1n) is 7.03. The fourth-order valence-electron chi connectivity index (χ4n) is 2.44. The summed E-state index contributed by atoms with van der Waals surface area (Å²) in [5.74, 6) is 0. The molecule has 18 heavy (non-hydrogen) atoms. The zero-order valence-corrected chi connectivity index (χ0v) is 12.1. The summed E-state index contributed by atoms with van der Waals surface area (Å²) in [6, 6.07) is 5.05. The second-order valence-corrected chi connectivity index (χ2v) is 5.13. The van der Waals surface area contributed by atoms with Crippen LogP contribution in [-0.2, 0) is 0 Å². The minimum atomic E-state index is 0.156. The van der Waals surface area contributed by atoms with Gasteiger partial charge in [-0.15, -0.1) is 0 Å². The molecule has 1 aromatic heterocycles. The van der Waals surface area contributed by atoms with E-state index < -0.39 is 0 Å². The van der Waals surface area contributed by atoms with Gasteiger partial charge >= 0.3 is 0 Å². The third kappa shape index (κ3) is 3.79. The fourth-order valence-corrected chi connectivity index (χ4v) is 2.44. The van der Waals surface area contributed by atoms with Crippen molar-refractivity contribution in [2.75, 3.05) is 6.54 Å². The molecule has 1 rings (SSSR count). The number of pyridine rings is 1. The molecule has 2 N–H and O–H groups in total. The van der Waals surface area contributed by atoms with Crippen molar-refractivity contribution in [1.29, 1.82) is 0 Å². The molecule has 0 radical (unpaired) electrons. The lowest BCUT2D eigenvalue weighted by atomic mass is 9.96. The summed E-state index contributed by atoms with van der Waals surface area (Å²) < 4.78 is 0. The van der Waals surface area contributed by atoms with E-state index in [0.717, 1.165) is 19.4 Å². The summed E-state index contributed by atoms with van der Waals surface area (Å²) >= 11 is 0.